The minimum absolute atomic E-state index is 0.00583. The normalized spacial score (nSPS) is 22.4. The Morgan fingerprint density at radius 2 is 0.942 bits per heavy atom. The van der Waals surface area contributed by atoms with Crippen LogP contribution in [-0.4, -0.2) is 236 Å². The van der Waals surface area contributed by atoms with Gasteiger partial charge in [0.25, 0.3) is 5.91 Å². The van der Waals surface area contributed by atoms with Crippen LogP contribution in [0.25, 0.3) is 0 Å². The van der Waals surface area contributed by atoms with E-state index in [-0.39, 0.29) is 105 Å². The third-order valence-corrected chi connectivity index (χ3v) is 19.7. The number of aliphatic carboxylic acids is 2. The van der Waals surface area contributed by atoms with Crippen molar-refractivity contribution >= 4 is 59.8 Å². The number of hydrogen-bond donors (Lipinski definition) is 10. The van der Waals surface area contributed by atoms with Crippen LogP contribution in [0.3, 0.4) is 0 Å². The minimum Gasteiger partial charge on any atom is -0.480 e. The molecule has 3 aliphatic carbocycles. The summed E-state index contributed by atoms with van der Waals surface area (Å²) < 4.78 is 36.4. The maximum atomic E-state index is 13.3. The molecule has 4 fully saturated rings. The predicted molar refractivity (Wildman–Crippen MR) is 455 cm³/mol. The van der Waals surface area contributed by atoms with E-state index in [0.29, 0.717) is 43.6 Å². The minimum atomic E-state index is -1.12. The van der Waals surface area contributed by atoms with Crippen molar-refractivity contribution in [3.8, 4) is 37.0 Å². The molecule has 121 heavy (non-hydrogen) atoms. The predicted octanol–water partition coefficient (Wildman–Crippen LogP) is 9.39. The standard InChI is InChI=1S/C24H33N3O3.C18H22N2O2.C13H19NO5.C10H17NO5.C10H13N.C9H18N2O4.C6H12O2/c1-5-13-30-17-14-20(27(15-17)23(29)21(25)24(2,3)4)22(28)26-19-12-8-10-16-9-6-7-11-18(16)19;1-2-10-22-14-11-17(19-12-14)18(21)20-16-9-5-7-13-6-3-4-8-15(13)16;1-5-6-18-9-7-10(11(15)16)14(8-9)12(17)19-13(2,3)4;1-10(2,3)16-9(15)11-5-6(12)4-7(11)8(13)14;11-10-7-3-5-8-4-1-2-6-9(8)10;1-6(7(12)11(5)14)10-8(13)15-9(2,3)4;1-5(7)8-6(2,3)4/h1,6-7,9,11,17,19-21H,8,10,12-15,25H2,2-4H3,(H,26,28);1,3-4,6,8,14,16-17,19H,5,7,9-12H2,(H,20,21);1,9-10H,6-8H2,2-4H3,(H,15,16);6-7,12H,4-5H2,1-3H3,(H,13,14);1-2,4,6,10H,3,5,7,11H2;6,14H,1-5H3,(H,10,13);1-4H3/t17-,19+,20-,21+;14-,16+,17-;9-,10-;6-,7-;10-;;/m00001../s1. The first-order chi connectivity index (χ1) is 56.4. The highest BCUT2D eigenvalue weighted by Gasteiger charge is 2.46. The Labute approximate surface area is 714 Å². The molecule has 0 saturated carbocycles. The Morgan fingerprint density at radius 3 is 1.36 bits per heavy atom. The van der Waals surface area contributed by atoms with Gasteiger partial charge in [-0.1, -0.05) is 111 Å². The number of ether oxygens (including phenoxy) is 7. The number of esters is 1. The van der Waals surface area contributed by atoms with Crippen LogP contribution >= 0.6 is 0 Å². The maximum Gasteiger partial charge on any atom is 0.411 e. The van der Waals surface area contributed by atoms with E-state index in [0.717, 1.165) is 49.8 Å². The van der Waals surface area contributed by atoms with Gasteiger partial charge in [-0.25, -0.2) is 29.0 Å². The number of hydroxylamine groups is 2. The van der Waals surface area contributed by atoms with E-state index >= 15 is 0 Å². The fourth-order valence-corrected chi connectivity index (χ4v) is 14.1. The van der Waals surface area contributed by atoms with Crippen LogP contribution in [0.4, 0.5) is 14.4 Å². The van der Waals surface area contributed by atoms with E-state index < -0.39 is 94.7 Å². The number of carbonyl (C=O) groups is 10. The first-order valence-electron chi connectivity index (χ1n) is 41.2. The molecule has 12 N–H and O–H groups in total. The summed E-state index contributed by atoms with van der Waals surface area (Å²) in [7, 11) is 1.19. The summed E-state index contributed by atoms with van der Waals surface area (Å²) in [4.78, 5) is 121. The molecule has 3 aromatic carbocycles. The van der Waals surface area contributed by atoms with Gasteiger partial charge in [0.2, 0.25) is 17.7 Å². The molecule has 31 nitrogen and oxygen atoms in total. The number of aryl methyl sites for hydroxylation is 3. The number of likely N-dealkylation sites (tertiary alicyclic amines) is 3. The number of hydrogen-bond acceptors (Lipinski definition) is 22. The van der Waals surface area contributed by atoms with E-state index in [1.165, 1.54) is 72.0 Å². The second-order valence-electron chi connectivity index (χ2n) is 35.7. The lowest BCUT2D eigenvalue weighted by molar-refractivity contribution is -0.161. The largest absolute Gasteiger partial charge is 0.480 e. The zero-order valence-electron chi connectivity index (χ0n) is 74.0. The number of aliphatic hydroxyl groups is 1. The number of amides is 7. The van der Waals surface area contributed by atoms with Crippen LogP contribution in [0.1, 0.15) is 233 Å². The van der Waals surface area contributed by atoms with Crippen LogP contribution in [0, 0.1) is 42.4 Å². The lowest BCUT2D eigenvalue weighted by Gasteiger charge is -2.33. The molecule has 13 atom stereocenters. The highest BCUT2D eigenvalue weighted by atomic mass is 16.6. The van der Waals surface area contributed by atoms with E-state index in [1.807, 2.05) is 59.7 Å². The number of alkyl carbamates (subject to hydrolysis) is 1. The van der Waals surface area contributed by atoms with Gasteiger partial charge in [-0.05, 0) is 193 Å². The molecule has 7 amide bonds. The van der Waals surface area contributed by atoms with Gasteiger partial charge in [0, 0.05) is 52.4 Å². The monoisotopic (exact) mass is 1690 g/mol. The number of carboxylic acids is 2. The third-order valence-electron chi connectivity index (χ3n) is 19.7. The second kappa shape index (κ2) is 48.1. The van der Waals surface area contributed by atoms with Crippen molar-refractivity contribution in [2.24, 2.45) is 16.9 Å². The number of likely N-dealkylation sites (N-methyl/N-ethyl adjacent to an activating group) is 1. The molecule has 3 aromatic rings. The highest BCUT2D eigenvalue weighted by molar-refractivity contribution is 5.91. The van der Waals surface area contributed by atoms with E-state index in [2.05, 4.69) is 93.6 Å². The molecule has 4 saturated heterocycles. The molecule has 0 aromatic heterocycles. The molecular weight excluding hydrogens is 1560 g/mol. The van der Waals surface area contributed by atoms with Crippen molar-refractivity contribution in [2.45, 2.75) is 302 Å². The average Bonchev–Trinajstić information content (AvgIpc) is 1.29. The smallest absolute Gasteiger partial charge is 0.411 e. The van der Waals surface area contributed by atoms with Gasteiger partial charge in [0.05, 0.1) is 61.7 Å². The molecule has 4 heterocycles. The first-order valence-corrected chi connectivity index (χ1v) is 41.2. The van der Waals surface area contributed by atoms with Gasteiger partial charge >= 0.3 is 36.2 Å². The van der Waals surface area contributed by atoms with Gasteiger partial charge in [-0.3, -0.25) is 39.0 Å². The molecule has 4 aliphatic heterocycles. The summed E-state index contributed by atoms with van der Waals surface area (Å²) in [5, 5.41) is 48.5. The van der Waals surface area contributed by atoms with Gasteiger partial charge in [0.1, 0.15) is 66.4 Å². The van der Waals surface area contributed by atoms with Crippen molar-refractivity contribution in [2.75, 3.05) is 53.0 Å². The summed E-state index contributed by atoms with van der Waals surface area (Å²) >= 11 is 0. The van der Waals surface area contributed by atoms with Gasteiger partial charge < -0.3 is 86.1 Å². The van der Waals surface area contributed by atoms with Crippen molar-refractivity contribution in [1.29, 1.82) is 0 Å². The fourth-order valence-electron chi connectivity index (χ4n) is 14.1. The molecule has 31 heteroatoms. The van der Waals surface area contributed by atoms with Crippen molar-refractivity contribution < 1.29 is 102 Å². The van der Waals surface area contributed by atoms with Gasteiger partial charge in [0.15, 0.2) is 0 Å². The summed E-state index contributed by atoms with van der Waals surface area (Å²) in [6.45, 7) is 31.3. The Hall–Kier alpha value is -9.88. The van der Waals surface area contributed by atoms with Crippen molar-refractivity contribution in [3.05, 3.63) is 106 Å². The van der Waals surface area contributed by atoms with E-state index in [4.69, 9.17) is 79.3 Å². The van der Waals surface area contributed by atoms with E-state index in [1.54, 1.807) is 67.2 Å². The number of carboxylic acid groups (broad SMARTS) is 2. The zero-order chi connectivity index (χ0) is 91.1. The number of rotatable bonds is 15. The lowest BCUT2D eigenvalue weighted by atomic mass is 9.86. The maximum absolute atomic E-state index is 13.3. The number of benzene rings is 3. The van der Waals surface area contributed by atoms with Gasteiger partial charge in [-0.2, -0.15) is 0 Å². The summed E-state index contributed by atoms with van der Waals surface area (Å²) in [6, 6.07) is 21.3. The van der Waals surface area contributed by atoms with Crippen LogP contribution in [0.2, 0.25) is 0 Å². The molecule has 0 spiro atoms. The SMILES string of the molecule is C#CCO[C@@H]1CN[C@H](C(=O)N[C@@H]2CCCc3ccccc32)C1.C#CCO[C@H]1C[C@@H](C(=O)N[C@@H]2CCCc3ccccc32)N(C(=O)[C@@H](N)C(C)(C)C)C1.C#CCO[C@H]1C[C@@H](C(=O)O)N(C(=O)OC(C)(C)C)C1.CC(=O)OC(C)(C)C.CC(C)(C)OC(=O)N1C[C@@H](O)C[C@H]1C(=O)O.CC(NC(=O)OC(C)(C)C)C(=O)N(C)O.N[C@@H]1CCCc2ccccc21. The van der Waals surface area contributed by atoms with Crippen LogP contribution < -0.4 is 32.7 Å². The second-order valence-corrected chi connectivity index (χ2v) is 35.7. The number of nitrogens with two attached hydrogens (primary N) is 2. The number of carbonyl (C=O) groups excluding carboxylic acids is 8. The number of nitrogens with zero attached hydrogens (tertiary/aromatic N) is 4. The number of nitrogens with one attached hydrogen (secondary N) is 4. The summed E-state index contributed by atoms with van der Waals surface area (Å²) in [5.41, 5.74) is 17.4. The Morgan fingerprint density at radius 1 is 0.545 bits per heavy atom. The Balaban J connectivity index is 0.000000306. The zero-order valence-corrected chi connectivity index (χ0v) is 74.0. The van der Waals surface area contributed by atoms with Crippen LogP contribution in [0.15, 0.2) is 72.8 Å². The fraction of sp³-hybridized carbons (Fsp3) is 0.622. The Bertz CT molecular complexity index is 4040. The molecule has 0 bridgehead atoms. The number of terminal acetylenes is 3. The third kappa shape index (κ3) is 36.4. The van der Waals surface area contributed by atoms with E-state index in [9.17, 15) is 53.1 Å². The highest BCUT2D eigenvalue weighted by Crippen LogP contribution is 2.34. The average molecular weight is 1690 g/mol. The number of fused-ring (bicyclic) bond motifs is 3. The molecule has 1 unspecified atom stereocenters. The Kier molecular flexibility index (Phi) is 41.1. The number of β-amino-alcohol motifs (C(OH)–C–C–N with tert-alkyl or cyclic N) is 1. The first kappa shape index (κ1) is 103. The molecule has 7 aliphatic rings. The topological polar surface area (TPSA) is 429 Å². The molecular formula is C90H134N10O21. The van der Waals surface area contributed by atoms with Crippen LogP contribution in [-0.2, 0) is 86.0 Å². The molecule has 670 valence electrons. The van der Waals surface area contributed by atoms with Crippen molar-refractivity contribution in [3.63, 3.8) is 0 Å². The molecule has 10 rings (SSSR count). The quantitative estimate of drug-likeness (QED) is 0.0222. The van der Waals surface area contributed by atoms with Gasteiger partial charge in [-0.15, -0.1) is 19.3 Å². The van der Waals surface area contributed by atoms with Crippen LogP contribution in [0.5, 0.6) is 0 Å². The summed E-state index contributed by atoms with van der Waals surface area (Å²) in [5.74, 6) is 3.89. The summed E-state index contributed by atoms with van der Waals surface area (Å²) in [6.07, 6.45) is 23.3. The van der Waals surface area contributed by atoms with Crippen molar-refractivity contribution in [1.82, 2.24) is 41.0 Å². The molecule has 0 radical (unpaired) electrons. The number of aliphatic hydroxyl groups excluding tert-OH is 1. The lowest BCUT2D eigenvalue weighted by Crippen LogP contribution is -2.55.